The van der Waals surface area contributed by atoms with Gasteiger partial charge in [-0.2, -0.15) is 0 Å². The lowest BCUT2D eigenvalue weighted by molar-refractivity contribution is -0.129. The first-order valence-electron chi connectivity index (χ1n) is 7.31. The monoisotopic (exact) mass is 267 g/mol. The summed E-state index contributed by atoms with van der Waals surface area (Å²) in [5.74, 6) is 0.671. The van der Waals surface area contributed by atoms with Gasteiger partial charge < -0.3 is 10.6 Å². The van der Waals surface area contributed by atoms with Gasteiger partial charge in [0, 0.05) is 18.8 Å². The zero-order chi connectivity index (χ0) is 14.4. The number of hydrogen-bond donors (Lipinski definition) is 1. The van der Waals surface area contributed by atoms with E-state index in [1.54, 1.807) is 0 Å². The number of nitrogens with zero attached hydrogens (tertiary/aromatic N) is 2. The Bertz CT molecular complexity index is 325. The predicted octanol–water partition coefficient (Wildman–Crippen LogP) is 1.82. The van der Waals surface area contributed by atoms with E-state index in [9.17, 15) is 4.79 Å². The lowest BCUT2D eigenvalue weighted by atomic mass is 10.0. The van der Waals surface area contributed by atoms with Crippen molar-refractivity contribution in [3.63, 3.8) is 0 Å². The Morgan fingerprint density at radius 2 is 2.11 bits per heavy atom. The van der Waals surface area contributed by atoms with E-state index in [0.717, 1.165) is 25.8 Å². The molecule has 0 radical (unpaired) electrons. The summed E-state index contributed by atoms with van der Waals surface area (Å²) in [5.41, 5.74) is 7.20. The Hall–Kier alpha value is -0.870. The highest BCUT2D eigenvalue weighted by atomic mass is 16.2. The largest absolute Gasteiger partial charge is 0.327 e. The summed E-state index contributed by atoms with van der Waals surface area (Å²) in [7, 11) is 3.87. The molecule has 19 heavy (non-hydrogen) atoms. The van der Waals surface area contributed by atoms with Crippen molar-refractivity contribution in [2.45, 2.75) is 45.6 Å². The molecule has 0 saturated carbocycles. The number of rotatable bonds is 7. The van der Waals surface area contributed by atoms with E-state index in [1.807, 2.05) is 19.0 Å². The minimum Gasteiger partial charge on any atom is -0.327 e. The summed E-state index contributed by atoms with van der Waals surface area (Å²) in [6.45, 7) is 5.61. The Labute approximate surface area is 117 Å². The van der Waals surface area contributed by atoms with E-state index in [-0.39, 0.29) is 11.9 Å². The standard InChI is InChI=1S/C15H29N3O/c1-12(2)14(16)9-10-17(3)11-15(19)18(4)13-7-5-6-8-13/h7,12,14H,5-6,8-11,16H2,1-4H3. The molecule has 1 unspecified atom stereocenters. The van der Waals surface area contributed by atoms with Gasteiger partial charge in [0.25, 0.3) is 0 Å². The molecule has 2 N–H and O–H groups in total. The first-order valence-corrected chi connectivity index (χ1v) is 7.31. The second-order valence-corrected chi connectivity index (χ2v) is 5.97. The van der Waals surface area contributed by atoms with Crippen LogP contribution in [0.15, 0.2) is 11.8 Å². The first-order chi connectivity index (χ1) is 8.91. The van der Waals surface area contributed by atoms with Crippen LogP contribution in [0.3, 0.4) is 0 Å². The van der Waals surface area contributed by atoms with Gasteiger partial charge in [-0.25, -0.2) is 0 Å². The molecule has 0 aromatic carbocycles. The third kappa shape index (κ3) is 5.33. The molecule has 0 aromatic rings. The van der Waals surface area contributed by atoms with Crippen LogP contribution in [0.1, 0.15) is 39.5 Å². The lowest BCUT2D eigenvalue weighted by Gasteiger charge is -2.24. The molecule has 0 fully saturated rings. The molecule has 0 bridgehead atoms. The van der Waals surface area contributed by atoms with Crippen molar-refractivity contribution in [1.82, 2.24) is 9.80 Å². The first kappa shape index (κ1) is 16.2. The zero-order valence-corrected chi connectivity index (χ0v) is 12.9. The average Bonchev–Trinajstić information content (AvgIpc) is 2.88. The van der Waals surface area contributed by atoms with Crippen LogP contribution in [0.2, 0.25) is 0 Å². The molecule has 4 heteroatoms. The van der Waals surface area contributed by atoms with E-state index in [0.29, 0.717) is 12.5 Å². The van der Waals surface area contributed by atoms with Crippen LogP contribution in [-0.2, 0) is 4.79 Å². The predicted molar refractivity (Wildman–Crippen MR) is 79.6 cm³/mol. The summed E-state index contributed by atoms with van der Waals surface area (Å²) in [4.78, 5) is 16.0. The van der Waals surface area contributed by atoms with Crippen LogP contribution < -0.4 is 5.73 Å². The van der Waals surface area contributed by atoms with Gasteiger partial charge in [0.2, 0.25) is 5.91 Å². The van der Waals surface area contributed by atoms with Gasteiger partial charge in [-0.05, 0) is 45.2 Å². The van der Waals surface area contributed by atoms with Crippen molar-refractivity contribution in [3.8, 4) is 0 Å². The average molecular weight is 267 g/mol. The lowest BCUT2D eigenvalue weighted by Crippen LogP contribution is -2.38. The maximum absolute atomic E-state index is 12.1. The molecule has 1 rings (SSSR count). The normalized spacial score (nSPS) is 16.9. The molecule has 1 aliphatic carbocycles. The van der Waals surface area contributed by atoms with Crippen LogP contribution in [-0.4, -0.2) is 48.9 Å². The minimum absolute atomic E-state index is 0.175. The van der Waals surface area contributed by atoms with E-state index in [1.165, 1.54) is 12.1 Å². The van der Waals surface area contributed by atoms with Crippen LogP contribution in [0.5, 0.6) is 0 Å². The molecule has 1 aliphatic rings. The van der Waals surface area contributed by atoms with E-state index in [4.69, 9.17) is 5.73 Å². The highest BCUT2D eigenvalue weighted by Crippen LogP contribution is 2.20. The van der Waals surface area contributed by atoms with Gasteiger partial charge in [-0.3, -0.25) is 9.69 Å². The molecule has 0 heterocycles. The highest BCUT2D eigenvalue weighted by Gasteiger charge is 2.18. The SMILES string of the molecule is CC(C)C(N)CCN(C)CC(=O)N(C)C1=CCCC1. The maximum Gasteiger partial charge on any atom is 0.240 e. The van der Waals surface area contributed by atoms with Crippen molar-refractivity contribution >= 4 is 5.91 Å². The van der Waals surface area contributed by atoms with Crippen molar-refractivity contribution in [3.05, 3.63) is 11.8 Å². The smallest absolute Gasteiger partial charge is 0.240 e. The number of allylic oxidation sites excluding steroid dienone is 2. The van der Waals surface area contributed by atoms with Crippen molar-refractivity contribution in [2.75, 3.05) is 27.2 Å². The summed E-state index contributed by atoms with van der Waals surface area (Å²) < 4.78 is 0. The number of amides is 1. The summed E-state index contributed by atoms with van der Waals surface area (Å²) in [5, 5.41) is 0. The number of hydrogen-bond acceptors (Lipinski definition) is 3. The molecule has 0 aliphatic heterocycles. The van der Waals surface area contributed by atoms with Crippen LogP contribution in [0.4, 0.5) is 0 Å². The molecule has 0 aromatic heterocycles. The second kappa shape index (κ2) is 7.65. The third-order valence-corrected chi connectivity index (χ3v) is 3.93. The molecule has 1 atom stereocenters. The topological polar surface area (TPSA) is 49.6 Å². The molecule has 0 saturated heterocycles. The molecule has 110 valence electrons. The fourth-order valence-electron chi connectivity index (χ4n) is 2.24. The van der Waals surface area contributed by atoms with Crippen LogP contribution in [0, 0.1) is 5.92 Å². The highest BCUT2D eigenvalue weighted by molar-refractivity contribution is 5.79. The van der Waals surface area contributed by atoms with E-state index < -0.39 is 0 Å². The summed E-state index contributed by atoms with van der Waals surface area (Å²) in [6, 6.07) is 0.216. The number of carbonyl (C=O) groups is 1. The third-order valence-electron chi connectivity index (χ3n) is 3.93. The van der Waals surface area contributed by atoms with Crippen molar-refractivity contribution in [2.24, 2.45) is 11.7 Å². The van der Waals surface area contributed by atoms with Gasteiger partial charge in [0.1, 0.15) is 0 Å². The van der Waals surface area contributed by atoms with E-state index in [2.05, 4.69) is 24.8 Å². The van der Waals surface area contributed by atoms with Gasteiger partial charge in [0.15, 0.2) is 0 Å². The maximum atomic E-state index is 12.1. The Morgan fingerprint density at radius 1 is 1.42 bits per heavy atom. The second-order valence-electron chi connectivity index (χ2n) is 5.97. The summed E-state index contributed by atoms with van der Waals surface area (Å²) in [6.07, 6.45) is 6.42. The number of nitrogens with two attached hydrogens (primary N) is 1. The van der Waals surface area contributed by atoms with Gasteiger partial charge in [-0.1, -0.05) is 19.9 Å². The minimum atomic E-state index is 0.175. The summed E-state index contributed by atoms with van der Waals surface area (Å²) >= 11 is 0. The van der Waals surface area contributed by atoms with E-state index >= 15 is 0 Å². The van der Waals surface area contributed by atoms with Crippen LogP contribution in [0.25, 0.3) is 0 Å². The molecule has 4 nitrogen and oxygen atoms in total. The number of carbonyl (C=O) groups excluding carboxylic acids is 1. The van der Waals surface area contributed by atoms with Crippen molar-refractivity contribution in [1.29, 1.82) is 0 Å². The Morgan fingerprint density at radius 3 is 2.63 bits per heavy atom. The van der Waals surface area contributed by atoms with Gasteiger partial charge in [-0.15, -0.1) is 0 Å². The molecular formula is C15H29N3O. The zero-order valence-electron chi connectivity index (χ0n) is 12.9. The van der Waals surface area contributed by atoms with Gasteiger partial charge in [0.05, 0.1) is 6.54 Å². The Kier molecular flexibility index (Phi) is 6.52. The van der Waals surface area contributed by atoms with Crippen molar-refractivity contribution < 1.29 is 4.79 Å². The Balaban J connectivity index is 2.31. The molecular weight excluding hydrogens is 238 g/mol. The fourth-order valence-corrected chi connectivity index (χ4v) is 2.24. The molecule has 1 amide bonds. The quantitative estimate of drug-likeness (QED) is 0.765. The molecule has 0 spiro atoms. The fraction of sp³-hybridized carbons (Fsp3) is 0.800. The van der Waals surface area contributed by atoms with Gasteiger partial charge >= 0.3 is 0 Å². The number of likely N-dealkylation sites (N-methyl/N-ethyl adjacent to an activating group) is 2. The van der Waals surface area contributed by atoms with Crippen LogP contribution >= 0.6 is 0 Å².